The smallest absolute Gasteiger partial charge is 0.341 e. The van der Waals surface area contributed by atoms with Crippen LogP contribution in [0.4, 0.5) is 0 Å². The Labute approximate surface area is 107 Å². The Morgan fingerprint density at radius 1 is 1.28 bits per heavy atom. The number of carboxylic acids is 1. The summed E-state index contributed by atoms with van der Waals surface area (Å²) in [5.41, 5.74) is 2.59. The molecule has 0 atom stereocenters. The molecule has 0 saturated carbocycles. The Kier molecular flexibility index (Phi) is 2.28. The summed E-state index contributed by atoms with van der Waals surface area (Å²) in [5, 5.41) is 9.54. The van der Waals surface area contributed by atoms with Gasteiger partial charge in [-0.3, -0.25) is 4.79 Å². The molecule has 18 heavy (non-hydrogen) atoms. The lowest BCUT2D eigenvalue weighted by Crippen LogP contribution is -2.18. The number of pyridine rings is 1. The first-order valence-corrected chi connectivity index (χ1v) is 5.72. The molecule has 0 bridgehead atoms. The highest BCUT2D eigenvalue weighted by Gasteiger charge is 2.22. The molecule has 3 rings (SSSR count). The minimum Gasteiger partial charge on any atom is -0.477 e. The van der Waals surface area contributed by atoms with Crippen LogP contribution in [0.5, 0.6) is 0 Å². The van der Waals surface area contributed by atoms with E-state index >= 15 is 0 Å². The molecule has 1 aromatic heterocycles. The van der Waals surface area contributed by atoms with Gasteiger partial charge in [0.15, 0.2) is 0 Å². The number of benzene rings is 1. The zero-order valence-electron chi connectivity index (χ0n) is 9.16. The molecule has 0 unspecified atom stereocenters. The molecule has 4 nitrogen and oxygen atoms in total. The minimum absolute atomic E-state index is 0.229. The van der Waals surface area contributed by atoms with Gasteiger partial charge in [-0.25, -0.2) is 4.79 Å². The number of carboxylic acid groups (broad SMARTS) is 1. The number of nitrogens with one attached hydrogen (secondary N) is 1. The van der Waals surface area contributed by atoms with Crippen molar-refractivity contribution < 1.29 is 9.90 Å². The highest BCUT2D eigenvalue weighted by atomic mass is 35.5. The minimum atomic E-state index is -1.21. The zero-order valence-corrected chi connectivity index (χ0v) is 9.91. The van der Waals surface area contributed by atoms with Crippen LogP contribution in [0.1, 0.15) is 21.5 Å². The fourth-order valence-electron chi connectivity index (χ4n) is 2.27. The first-order chi connectivity index (χ1) is 8.56. The standard InChI is InChI=1S/C13H8ClNO3/c14-8-1-2-9-6(4-8)3-7-5-10(13(17)18)12(16)15-11(7)9/h1-2,4-5H,3H2,(H,15,16)(H,17,18). The van der Waals surface area contributed by atoms with Gasteiger partial charge in [0.25, 0.3) is 5.56 Å². The summed E-state index contributed by atoms with van der Waals surface area (Å²) in [7, 11) is 0. The molecular weight excluding hydrogens is 254 g/mol. The van der Waals surface area contributed by atoms with Crippen LogP contribution < -0.4 is 5.56 Å². The van der Waals surface area contributed by atoms with Gasteiger partial charge in [0.1, 0.15) is 5.56 Å². The number of fused-ring (bicyclic) bond motifs is 3. The van der Waals surface area contributed by atoms with Crippen LogP contribution >= 0.6 is 11.6 Å². The number of aromatic amines is 1. The van der Waals surface area contributed by atoms with Crippen molar-refractivity contribution in [3.8, 4) is 11.3 Å². The number of hydrogen-bond acceptors (Lipinski definition) is 2. The normalized spacial score (nSPS) is 12.1. The highest BCUT2D eigenvalue weighted by molar-refractivity contribution is 6.30. The molecule has 0 spiro atoms. The van der Waals surface area contributed by atoms with Crippen LogP contribution in [0.25, 0.3) is 11.3 Å². The number of carbonyl (C=O) groups is 1. The molecule has 1 aromatic carbocycles. The third kappa shape index (κ3) is 1.54. The second kappa shape index (κ2) is 3.71. The second-order valence-corrected chi connectivity index (χ2v) is 4.63. The van der Waals surface area contributed by atoms with Gasteiger partial charge in [-0.2, -0.15) is 0 Å². The van der Waals surface area contributed by atoms with Crippen LogP contribution in [-0.4, -0.2) is 16.1 Å². The van der Waals surface area contributed by atoms with E-state index in [-0.39, 0.29) is 5.56 Å². The average Bonchev–Trinajstić information content (AvgIpc) is 2.64. The first kappa shape index (κ1) is 11.0. The van der Waals surface area contributed by atoms with Crippen molar-refractivity contribution in [2.45, 2.75) is 6.42 Å². The fraction of sp³-hybridized carbons (Fsp3) is 0.0769. The SMILES string of the molecule is O=C(O)c1cc2c([nH]c1=O)-c1ccc(Cl)cc1C2. The molecule has 0 radical (unpaired) electrons. The topological polar surface area (TPSA) is 70.2 Å². The van der Waals surface area contributed by atoms with Crippen LogP contribution in [0.2, 0.25) is 5.02 Å². The van der Waals surface area contributed by atoms with Crippen molar-refractivity contribution in [3.63, 3.8) is 0 Å². The van der Waals surface area contributed by atoms with E-state index in [1.54, 1.807) is 6.07 Å². The number of hydrogen-bond donors (Lipinski definition) is 2. The van der Waals surface area contributed by atoms with Crippen molar-refractivity contribution in [3.05, 3.63) is 56.3 Å². The number of rotatable bonds is 1. The summed E-state index contributed by atoms with van der Waals surface area (Å²) in [4.78, 5) is 25.2. The maximum absolute atomic E-state index is 11.6. The fourth-order valence-corrected chi connectivity index (χ4v) is 2.46. The number of aromatic carboxylic acids is 1. The van der Waals surface area contributed by atoms with Crippen LogP contribution in [-0.2, 0) is 6.42 Å². The summed E-state index contributed by atoms with van der Waals surface area (Å²) in [6, 6.07) is 6.85. The maximum atomic E-state index is 11.6. The van der Waals surface area contributed by atoms with E-state index in [1.165, 1.54) is 6.07 Å². The van der Waals surface area contributed by atoms with E-state index in [4.69, 9.17) is 16.7 Å². The van der Waals surface area contributed by atoms with Crippen molar-refractivity contribution in [2.24, 2.45) is 0 Å². The number of halogens is 1. The van der Waals surface area contributed by atoms with Crippen molar-refractivity contribution in [2.75, 3.05) is 0 Å². The summed E-state index contributed by atoms with van der Waals surface area (Å²) in [6.45, 7) is 0. The largest absolute Gasteiger partial charge is 0.477 e. The van der Waals surface area contributed by atoms with E-state index in [0.29, 0.717) is 17.1 Å². The first-order valence-electron chi connectivity index (χ1n) is 5.34. The molecule has 0 aliphatic heterocycles. The molecule has 0 amide bonds. The van der Waals surface area contributed by atoms with E-state index in [2.05, 4.69) is 4.98 Å². The van der Waals surface area contributed by atoms with Gasteiger partial charge in [0.05, 0.1) is 5.69 Å². The van der Waals surface area contributed by atoms with E-state index in [1.807, 2.05) is 12.1 Å². The summed E-state index contributed by atoms with van der Waals surface area (Å²) in [6.07, 6.45) is 0.586. The summed E-state index contributed by atoms with van der Waals surface area (Å²) < 4.78 is 0. The van der Waals surface area contributed by atoms with Crippen LogP contribution in [0.15, 0.2) is 29.1 Å². The number of H-pyrrole nitrogens is 1. The van der Waals surface area contributed by atoms with Crippen LogP contribution in [0.3, 0.4) is 0 Å². The average molecular weight is 262 g/mol. The van der Waals surface area contributed by atoms with Gasteiger partial charge >= 0.3 is 5.97 Å². The molecular formula is C13H8ClNO3. The van der Waals surface area contributed by atoms with Gasteiger partial charge in [-0.15, -0.1) is 0 Å². The predicted molar refractivity (Wildman–Crippen MR) is 67.3 cm³/mol. The zero-order chi connectivity index (χ0) is 12.9. The van der Waals surface area contributed by atoms with Gasteiger partial charge in [-0.05, 0) is 29.3 Å². The summed E-state index contributed by atoms with van der Waals surface area (Å²) in [5.74, 6) is -1.21. The molecule has 2 N–H and O–H groups in total. The molecule has 0 saturated heterocycles. The molecule has 1 aliphatic rings. The molecule has 2 aromatic rings. The Morgan fingerprint density at radius 2 is 2.06 bits per heavy atom. The van der Waals surface area contributed by atoms with E-state index < -0.39 is 11.5 Å². The quantitative estimate of drug-likeness (QED) is 0.706. The van der Waals surface area contributed by atoms with E-state index in [0.717, 1.165) is 16.7 Å². The Hall–Kier alpha value is -2.07. The summed E-state index contributed by atoms with van der Waals surface area (Å²) >= 11 is 5.91. The molecule has 0 fully saturated rings. The van der Waals surface area contributed by atoms with Gasteiger partial charge < -0.3 is 10.1 Å². The van der Waals surface area contributed by atoms with Crippen molar-refractivity contribution >= 4 is 17.6 Å². The van der Waals surface area contributed by atoms with E-state index in [9.17, 15) is 9.59 Å². The molecule has 1 aliphatic carbocycles. The third-order valence-corrected chi connectivity index (χ3v) is 3.31. The number of aromatic nitrogens is 1. The third-order valence-electron chi connectivity index (χ3n) is 3.07. The van der Waals surface area contributed by atoms with Gasteiger partial charge in [0, 0.05) is 17.0 Å². The Morgan fingerprint density at radius 3 is 2.78 bits per heavy atom. The highest BCUT2D eigenvalue weighted by Crippen LogP contribution is 2.35. The lowest BCUT2D eigenvalue weighted by Gasteiger charge is -2.02. The maximum Gasteiger partial charge on any atom is 0.341 e. The predicted octanol–water partition coefficient (Wildman–Crippen LogP) is 2.30. The molecule has 1 heterocycles. The van der Waals surface area contributed by atoms with Crippen molar-refractivity contribution in [1.29, 1.82) is 0 Å². The molecule has 90 valence electrons. The van der Waals surface area contributed by atoms with Gasteiger partial charge in [-0.1, -0.05) is 17.7 Å². The molecule has 5 heteroatoms. The monoisotopic (exact) mass is 261 g/mol. The Bertz CT molecular complexity index is 734. The second-order valence-electron chi connectivity index (χ2n) is 4.20. The van der Waals surface area contributed by atoms with Crippen molar-refractivity contribution in [1.82, 2.24) is 4.98 Å². The lowest BCUT2D eigenvalue weighted by molar-refractivity contribution is 0.0695. The lowest BCUT2D eigenvalue weighted by atomic mass is 10.1. The Balaban J connectivity index is 2.24. The van der Waals surface area contributed by atoms with Crippen LogP contribution in [0, 0.1) is 0 Å². The van der Waals surface area contributed by atoms with Gasteiger partial charge in [0.2, 0.25) is 0 Å².